The molecule has 1 aliphatic heterocycles. The zero-order valence-corrected chi connectivity index (χ0v) is 10.5. The summed E-state index contributed by atoms with van der Waals surface area (Å²) in [6.07, 6.45) is 0.944. The number of rotatable bonds is 5. The fourth-order valence-corrected chi connectivity index (χ4v) is 1.65. The fourth-order valence-electron chi connectivity index (χ4n) is 1.65. The van der Waals surface area contributed by atoms with Crippen LogP contribution in [0.4, 0.5) is 0 Å². The Morgan fingerprint density at radius 1 is 1.32 bits per heavy atom. The molecule has 0 aliphatic carbocycles. The predicted molar refractivity (Wildman–Crippen MR) is 65.8 cm³/mol. The minimum absolute atomic E-state index is 0.0687. The highest BCUT2D eigenvalue weighted by molar-refractivity contribution is 5.91. The quantitative estimate of drug-likeness (QED) is 0.754. The summed E-state index contributed by atoms with van der Waals surface area (Å²) in [5, 5.41) is 0. The number of hydrogen-bond donors (Lipinski definition) is 0. The van der Waals surface area contributed by atoms with E-state index in [1.165, 1.54) is 13.0 Å². The largest absolute Gasteiger partial charge is 0.450 e. The van der Waals surface area contributed by atoms with E-state index in [4.69, 9.17) is 14.2 Å². The van der Waals surface area contributed by atoms with Crippen molar-refractivity contribution in [1.29, 1.82) is 0 Å². The second-order valence-corrected chi connectivity index (χ2v) is 4.07. The molecule has 100 valence electrons. The van der Waals surface area contributed by atoms with Crippen molar-refractivity contribution in [3.05, 3.63) is 47.7 Å². The molecule has 0 saturated heterocycles. The maximum atomic E-state index is 11.3. The van der Waals surface area contributed by atoms with Crippen LogP contribution < -0.4 is 0 Å². The molecular formula is C14H14O5. The third-order valence-corrected chi connectivity index (χ3v) is 2.44. The summed E-state index contributed by atoms with van der Waals surface area (Å²) < 4.78 is 15.1. The summed E-state index contributed by atoms with van der Waals surface area (Å²) >= 11 is 0. The monoisotopic (exact) mass is 262 g/mol. The third kappa shape index (κ3) is 3.93. The van der Waals surface area contributed by atoms with Crippen molar-refractivity contribution < 1.29 is 23.8 Å². The molecule has 0 N–H and O–H groups in total. The van der Waals surface area contributed by atoms with E-state index in [-0.39, 0.29) is 12.4 Å². The number of carbonyl (C=O) groups excluding carboxylic acids is 2. The molecule has 2 rings (SSSR count). The summed E-state index contributed by atoms with van der Waals surface area (Å²) in [5.41, 5.74) is 1.04. The van der Waals surface area contributed by atoms with Crippen LogP contribution in [-0.2, 0) is 30.4 Å². The van der Waals surface area contributed by atoms with Gasteiger partial charge in [0.1, 0.15) is 6.10 Å². The van der Waals surface area contributed by atoms with Crippen molar-refractivity contribution in [2.75, 3.05) is 6.61 Å². The molecule has 1 aromatic rings. The van der Waals surface area contributed by atoms with Crippen molar-refractivity contribution in [3.63, 3.8) is 0 Å². The van der Waals surface area contributed by atoms with Crippen LogP contribution in [0.15, 0.2) is 42.2 Å². The lowest BCUT2D eigenvalue weighted by Crippen LogP contribution is -2.15. The molecule has 0 aromatic heterocycles. The summed E-state index contributed by atoms with van der Waals surface area (Å²) in [6.45, 7) is 1.89. The first-order valence-corrected chi connectivity index (χ1v) is 5.88. The lowest BCUT2D eigenvalue weighted by molar-refractivity contribution is -0.150. The van der Waals surface area contributed by atoms with Crippen LogP contribution in [0.1, 0.15) is 12.5 Å². The zero-order chi connectivity index (χ0) is 13.7. The van der Waals surface area contributed by atoms with Crippen molar-refractivity contribution in [2.45, 2.75) is 19.6 Å². The molecule has 1 unspecified atom stereocenters. The lowest BCUT2D eigenvalue weighted by atomic mass is 10.2. The number of cyclic esters (lactones) is 1. The third-order valence-electron chi connectivity index (χ3n) is 2.44. The highest BCUT2D eigenvalue weighted by atomic mass is 16.6. The smallest absolute Gasteiger partial charge is 0.374 e. The first-order valence-electron chi connectivity index (χ1n) is 5.88. The summed E-state index contributed by atoms with van der Waals surface area (Å²) in [4.78, 5) is 22.1. The molecule has 0 radical (unpaired) electrons. The molecule has 0 bridgehead atoms. The van der Waals surface area contributed by atoms with Crippen LogP contribution >= 0.6 is 0 Å². The van der Waals surface area contributed by atoms with Crippen molar-refractivity contribution >= 4 is 11.9 Å². The van der Waals surface area contributed by atoms with Gasteiger partial charge in [-0.15, -0.1) is 0 Å². The number of hydrogen-bond acceptors (Lipinski definition) is 5. The molecule has 19 heavy (non-hydrogen) atoms. The molecule has 1 aromatic carbocycles. The van der Waals surface area contributed by atoms with Gasteiger partial charge in [-0.3, -0.25) is 4.79 Å². The Morgan fingerprint density at radius 2 is 2.05 bits per heavy atom. The van der Waals surface area contributed by atoms with E-state index in [1.54, 1.807) is 0 Å². The van der Waals surface area contributed by atoms with E-state index in [2.05, 4.69) is 0 Å². The highest BCUT2D eigenvalue weighted by Crippen LogP contribution is 2.15. The summed E-state index contributed by atoms with van der Waals surface area (Å²) in [7, 11) is 0. The van der Waals surface area contributed by atoms with Crippen molar-refractivity contribution in [1.82, 2.24) is 0 Å². The Hall–Kier alpha value is -2.14. The van der Waals surface area contributed by atoms with Gasteiger partial charge < -0.3 is 14.2 Å². The van der Waals surface area contributed by atoms with E-state index in [0.717, 1.165) is 5.56 Å². The Labute approximate surface area is 110 Å². The fraction of sp³-hybridized carbons (Fsp3) is 0.286. The Kier molecular flexibility index (Phi) is 4.30. The van der Waals surface area contributed by atoms with Crippen LogP contribution in [-0.4, -0.2) is 24.6 Å². The first-order chi connectivity index (χ1) is 9.15. The van der Waals surface area contributed by atoms with Gasteiger partial charge in [0.05, 0.1) is 13.2 Å². The van der Waals surface area contributed by atoms with Gasteiger partial charge in [0, 0.05) is 13.0 Å². The summed E-state index contributed by atoms with van der Waals surface area (Å²) in [6, 6.07) is 9.66. The molecule has 0 fully saturated rings. The average Bonchev–Trinajstić information content (AvgIpc) is 2.70. The van der Waals surface area contributed by atoms with Gasteiger partial charge in [-0.1, -0.05) is 30.3 Å². The minimum Gasteiger partial charge on any atom is -0.450 e. The summed E-state index contributed by atoms with van der Waals surface area (Å²) in [5.74, 6) is -1.25. The molecule has 0 saturated carbocycles. The SMILES string of the molecule is CC(=O)OC1=CC(COCc2ccccc2)OC1=O. The van der Waals surface area contributed by atoms with E-state index < -0.39 is 18.0 Å². The normalized spacial score (nSPS) is 17.8. The highest BCUT2D eigenvalue weighted by Gasteiger charge is 2.28. The topological polar surface area (TPSA) is 61.8 Å². The Bertz CT molecular complexity index is 492. The first kappa shape index (κ1) is 13.3. The molecular weight excluding hydrogens is 248 g/mol. The van der Waals surface area contributed by atoms with Crippen LogP contribution in [0, 0.1) is 0 Å². The number of carbonyl (C=O) groups is 2. The van der Waals surface area contributed by atoms with Crippen LogP contribution in [0.5, 0.6) is 0 Å². The van der Waals surface area contributed by atoms with E-state index in [1.807, 2.05) is 30.3 Å². The van der Waals surface area contributed by atoms with Crippen molar-refractivity contribution in [3.8, 4) is 0 Å². The maximum Gasteiger partial charge on any atom is 0.374 e. The molecule has 1 atom stereocenters. The molecule has 1 heterocycles. The minimum atomic E-state index is -0.636. The van der Waals surface area contributed by atoms with Gasteiger partial charge in [-0.2, -0.15) is 0 Å². The molecule has 5 nitrogen and oxygen atoms in total. The number of esters is 2. The van der Waals surface area contributed by atoms with Gasteiger partial charge in [0.25, 0.3) is 0 Å². The van der Waals surface area contributed by atoms with Gasteiger partial charge in [0.15, 0.2) is 0 Å². The van der Waals surface area contributed by atoms with Crippen LogP contribution in [0.25, 0.3) is 0 Å². The van der Waals surface area contributed by atoms with Gasteiger partial charge >= 0.3 is 11.9 Å². The molecule has 5 heteroatoms. The van der Waals surface area contributed by atoms with Gasteiger partial charge in [-0.05, 0) is 5.56 Å². The van der Waals surface area contributed by atoms with Gasteiger partial charge in [-0.25, -0.2) is 4.79 Å². The van der Waals surface area contributed by atoms with E-state index in [0.29, 0.717) is 6.61 Å². The second-order valence-electron chi connectivity index (χ2n) is 4.07. The standard InChI is InChI=1S/C14H14O5/c1-10(15)18-13-7-12(19-14(13)16)9-17-8-11-5-3-2-4-6-11/h2-7,12H,8-9H2,1H3. The second kappa shape index (κ2) is 6.15. The van der Waals surface area contributed by atoms with Crippen molar-refractivity contribution in [2.24, 2.45) is 0 Å². The Balaban J connectivity index is 1.80. The Morgan fingerprint density at radius 3 is 2.74 bits per heavy atom. The molecule has 0 spiro atoms. The van der Waals surface area contributed by atoms with E-state index in [9.17, 15) is 9.59 Å². The van der Waals surface area contributed by atoms with Gasteiger partial charge in [0.2, 0.25) is 5.76 Å². The van der Waals surface area contributed by atoms with Crippen LogP contribution in [0.2, 0.25) is 0 Å². The van der Waals surface area contributed by atoms with E-state index >= 15 is 0 Å². The maximum absolute atomic E-state index is 11.3. The predicted octanol–water partition coefficient (Wildman–Crippen LogP) is 1.58. The molecule has 1 aliphatic rings. The van der Waals surface area contributed by atoms with Crippen LogP contribution in [0.3, 0.4) is 0 Å². The lowest BCUT2D eigenvalue weighted by Gasteiger charge is -2.08. The number of benzene rings is 1. The number of ether oxygens (including phenoxy) is 3. The molecule has 0 amide bonds. The average molecular weight is 262 g/mol. The zero-order valence-electron chi connectivity index (χ0n) is 10.5.